The van der Waals surface area contributed by atoms with Crippen LogP contribution >= 0.6 is 0 Å². The van der Waals surface area contributed by atoms with Crippen LogP contribution in [0.4, 0.5) is 0 Å². The zero-order chi connectivity index (χ0) is 9.97. The van der Waals surface area contributed by atoms with Crippen LogP contribution in [-0.2, 0) is 0 Å². The molecule has 0 unspecified atom stereocenters. The second-order valence-corrected chi connectivity index (χ2v) is 2.80. The van der Waals surface area contributed by atoms with Crippen LogP contribution in [0, 0.1) is 0 Å². The molecule has 0 atom stereocenters. The van der Waals surface area contributed by atoms with Crippen molar-refractivity contribution in [2.75, 3.05) is 0 Å². The Bertz CT molecular complexity index is 432. The van der Waals surface area contributed by atoms with Crippen LogP contribution in [0.3, 0.4) is 0 Å². The Balaban J connectivity index is 2.36. The Hall–Kier alpha value is -2.10. The fourth-order valence-corrected chi connectivity index (χ4v) is 1.17. The smallest absolute Gasteiger partial charge is 0.354 e. The van der Waals surface area contributed by atoms with Crippen molar-refractivity contribution in [2.45, 2.75) is 0 Å². The van der Waals surface area contributed by atoms with Gasteiger partial charge in [0.05, 0.1) is 11.9 Å². The van der Waals surface area contributed by atoms with Gasteiger partial charge in [-0.3, -0.25) is 0 Å². The van der Waals surface area contributed by atoms with E-state index in [1.54, 1.807) is 6.07 Å². The molecule has 0 saturated carbocycles. The normalized spacial score (nSPS) is 10.0. The first-order valence-corrected chi connectivity index (χ1v) is 4.10. The van der Waals surface area contributed by atoms with Crippen LogP contribution < -0.4 is 0 Å². The Labute approximate surface area is 80.4 Å². The lowest BCUT2D eigenvalue weighted by molar-refractivity contribution is 0.0690. The Kier molecular flexibility index (Phi) is 2.02. The predicted octanol–water partition coefficient (Wildman–Crippen LogP) is 1.57. The number of pyridine rings is 1. The van der Waals surface area contributed by atoms with E-state index in [2.05, 4.69) is 4.98 Å². The molecule has 0 aromatic carbocycles. The molecule has 1 N–H and O–H groups in total. The van der Waals surface area contributed by atoms with Crippen molar-refractivity contribution >= 4 is 5.97 Å². The van der Waals surface area contributed by atoms with Crippen molar-refractivity contribution in [3.63, 3.8) is 0 Å². The fraction of sp³-hybridized carbons (Fsp3) is 0. The average molecular weight is 188 g/mol. The second-order valence-electron chi connectivity index (χ2n) is 2.80. The quantitative estimate of drug-likeness (QED) is 0.778. The van der Waals surface area contributed by atoms with Gasteiger partial charge < -0.3 is 9.67 Å². The highest BCUT2D eigenvalue weighted by Gasteiger charge is 2.03. The second kappa shape index (κ2) is 3.33. The molecule has 2 aromatic heterocycles. The van der Waals surface area contributed by atoms with E-state index >= 15 is 0 Å². The van der Waals surface area contributed by atoms with E-state index in [0.717, 1.165) is 5.69 Å². The van der Waals surface area contributed by atoms with Gasteiger partial charge in [0.25, 0.3) is 0 Å². The average Bonchev–Trinajstić information content (AvgIpc) is 2.71. The molecule has 4 heteroatoms. The summed E-state index contributed by atoms with van der Waals surface area (Å²) in [6.07, 6.45) is 5.28. The van der Waals surface area contributed by atoms with Gasteiger partial charge >= 0.3 is 5.97 Å². The van der Waals surface area contributed by atoms with Gasteiger partial charge in [0.2, 0.25) is 0 Å². The minimum absolute atomic E-state index is 0.0564. The molecule has 0 saturated heterocycles. The molecule has 0 aliphatic carbocycles. The van der Waals surface area contributed by atoms with Gasteiger partial charge in [-0.25, -0.2) is 9.78 Å². The van der Waals surface area contributed by atoms with Gasteiger partial charge in [-0.05, 0) is 24.3 Å². The summed E-state index contributed by atoms with van der Waals surface area (Å²) in [7, 11) is 0. The Morgan fingerprint density at radius 3 is 2.50 bits per heavy atom. The van der Waals surface area contributed by atoms with E-state index in [9.17, 15) is 4.79 Å². The summed E-state index contributed by atoms with van der Waals surface area (Å²) >= 11 is 0. The Morgan fingerprint density at radius 1 is 1.29 bits per heavy atom. The molecular formula is C10H8N2O2. The standard InChI is InChI=1S/C10H8N2O2/c13-10(14)9-4-3-8(7-11-9)12-5-1-2-6-12/h1-7H,(H,13,14). The van der Waals surface area contributed by atoms with Gasteiger partial charge in [-0.15, -0.1) is 0 Å². The maximum absolute atomic E-state index is 10.5. The highest BCUT2D eigenvalue weighted by atomic mass is 16.4. The van der Waals surface area contributed by atoms with Crippen LogP contribution in [0.5, 0.6) is 0 Å². The third-order valence-corrected chi connectivity index (χ3v) is 1.87. The van der Waals surface area contributed by atoms with E-state index in [1.807, 2.05) is 29.1 Å². The molecule has 0 spiro atoms. The maximum Gasteiger partial charge on any atom is 0.354 e. The van der Waals surface area contributed by atoms with E-state index in [4.69, 9.17) is 5.11 Å². The Morgan fingerprint density at radius 2 is 2.00 bits per heavy atom. The summed E-state index contributed by atoms with van der Waals surface area (Å²) in [6, 6.07) is 6.99. The molecule has 0 bridgehead atoms. The van der Waals surface area contributed by atoms with Gasteiger partial charge in [0.1, 0.15) is 5.69 Å². The molecule has 2 heterocycles. The zero-order valence-corrected chi connectivity index (χ0v) is 7.29. The van der Waals surface area contributed by atoms with Gasteiger partial charge in [0, 0.05) is 12.4 Å². The lowest BCUT2D eigenvalue weighted by Crippen LogP contribution is -2.00. The highest BCUT2D eigenvalue weighted by molar-refractivity contribution is 5.85. The third kappa shape index (κ3) is 1.50. The van der Waals surface area contributed by atoms with Crippen LogP contribution in [0.25, 0.3) is 5.69 Å². The molecule has 0 radical (unpaired) electrons. The molecule has 0 fully saturated rings. The number of carbonyl (C=O) groups is 1. The molecule has 14 heavy (non-hydrogen) atoms. The highest BCUT2D eigenvalue weighted by Crippen LogP contribution is 2.06. The van der Waals surface area contributed by atoms with Crippen LogP contribution in [0.15, 0.2) is 42.9 Å². The topological polar surface area (TPSA) is 55.1 Å². The largest absolute Gasteiger partial charge is 0.477 e. The van der Waals surface area contributed by atoms with E-state index < -0.39 is 5.97 Å². The van der Waals surface area contributed by atoms with Crippen LogP contribution in [-0.4, -0.2) is 20.6 Å². The number of aromatic nitrogens is 2. The number of rotatable bonds is 2. The SMILES string of the molecule is O=C(O)c1ccc(-n2cccc2)cn1. The molecule has 70 valence electrons. The third-order valence-electron chi connectivity index (χ3n) is 1.87. The summed E-state index contributed by atoms with van der Waals surface area (Å²) in [4.78, 5) is 14.3. The molecule has 0 amide bonds. The maximum atomic E-state index is 10.5. The van der Waals surface area contributed by atoms with Crippen LogP contribution in [0.2, 0.25) is 0 Å². The predicted molar refractivity (Wildman–Crippen MR) is 50.5 cm³/mol. The van der Waals surface area contributed by atoms with Crippen molar-refractivity contribution in [3.05, 3.63) is 48.5 Å². The fourth-order valence-electron chi connectivity index (χ4n) is 1.17. The lowest BCUT2D eigenvalue weighted by atomic mass is 10.3. The minimum atomic E-state index is -1.01. The summed E-state index contributed by atoms with van der Waals surface area (Å²) in [5.41, 5.74) is 0.904. The van der Waals surface area contributed by atoms with Gasteiger partial charge in [-0.2, -0.15) is 0 Å². The summed E-state index contributed by atoms with van der Waals surface area (Å²) < 4.78 is 1.86. The molecule has 0 aliphatic rings. The van der Waals surface area contributed by atoms with Crippen molar-refractivity contribution in [1.82, 2.24) is 9.55 Å². The number of hydrogen-bond donors (Lipinski definition) is 1. The summed E-state index contributed by atoms with van der Waals surface area (Å²) in [5, 5.41) is 8.64. The first-order chi connectivity index (χ1) is 6.77. The van der Waals surface area contributed by atoms with Crippen molar-refractivity contribution in [1.29, 1.82) is 0 Å². The first kappa shape index (κ1) is 8.50. The van der Waals surface area contributed by atoms with Gasteiger partial charge in [-0.1, -0.05) is 0 Å². The summed E-state index contributed by atoms with van der Waals surface area (Å²) in [6.45, 7) is 0. The van der Waals surface area contributed by atoms with E-state index in [-0.39, 0.29) is 5.69 Å². The monoisotopic (exact) mass is 188 g/mol. The summed E-state index contributed by atoms with van der Waals surface area (Å²) in [5.74, 6) is -1.01. The molecular weight excluding hydrogens is 180 g/mol. The molecule has 0 aliphatic heterocycles. The van der Waals surface area contributed by atoms with Crippen LogP contribution in [0.1, 0.15) is 10.5 Å². The van der Waals surface area contributed by atoms with Crippen molar-refractivity contribution in [3.8, 4) is 5.69 Å². The van der Waals surface area contributed by atoms with E-state index in [1.165, 1.54) is 12.3 Å². The molecule has 2 rings (SSSR count). The number of hydrogen-bond acceptors (Lipinski definition) is 2. The molecule has 4 nitrogen and oxygen atoms in total. The zero-order valence-electron chi connectivity index (χ0n) is 7.29. The minimum Gasteiger partial charge on any atom is -0.477 e. The number of carboxylic acid groups (broad SMARTS) is 1. The van der Waals surface area contributed by atoms with E-state index in [0.29, 0.717) is 0 Å². The lowest BCUT2D eigenvalue weighted by Gasteiger charge is -2.01. The van der Waals surface area contributed by atoms with Crippen molar-refractivity contribution < 1.29 is 9.90 Å². The van der Waals surface area contributed by atoms with Crippen molar-refractivity contribution in [2.24, 2.45) is 0 Å². The first-order valence-electron chi connectivity index (χ1n) is 4.10. The number of nitrogens with zero attached hydrogens (tertiary/aromatic N) is 2. The number of carboxylic acids is 1. The number of aromatic carboxylic acids is 1. The van der Waals surface area contributed by atoms with Gasteiger partial charge in [0.15, 0.2) is 0 Å². The molecule has 2 aromatic rings.